The lowest BCUT2D eigenvalue weighted by atomic mass is 9.80. The number of carbonyl (C=O) groups excluding carboxylic acids is 1. The molecule has 3 rings (SSSR count). The van der Waals surface area contributed by atoms with Crippen molar-refractivity contribution < 1.29 is 14.7 Å². The van der Waals surface area contributed by atoms with E-state index in [-0.39, 0.29) is 17.9 Å². The molecule has 0 atom stereocenters. The number of pyridine rings is 1. The molecule has 0 aromatic carbocycles. The molecule has 2 heterocycles. The largest absolute Gasteiger partial charge is 0.460 e. The molecular weight excluding hydrogens is 334 g/mol. The van der Waals surface area contributed by atoms with E-state index < -0.39 is 5.60 Å². The summed E-state index contributed by atoms with van der Waals surface area (Å²) in [6, 6.07) is 0.147. The van der Waals surface area contributed by atoms with Gasteiger partial charge in [0.2, 0.25) is 0 Å². The van der Waals surface area contributed by atoms with Crippen molar-refractivity contribution in [1.29, 1.82) is 0 Å². The monoisotopic (exact) mass is 359 g/mol. The van der Waals surface area contributed by atoms with E-state index in [1.165, 1.54) is 6.21 Å². The predicted molar refractivity (Wildman–Crippen MR) is 98.6 cm³/mol. The Balaban J connectivity index is 1.76. The van der Waals surface area contributed by atoms with Gasteiger partial charge in [0.1, 0.15) is 5.60 Å². The van der Waals surface area contributed by atoms with Gasteiger partial charge in [-0.25, -0.2) is 9.67 Å². The number of aromatic nitrogens is 3. The minimum atomic E-state index is -0.466. The fourth-order valence-corrected chi connectivity index (χ4v) is 3.11. The second-order valence-electron chi connectivity index (χ2n) is 7.57. The van der Waals surface area contributed by atoms with Crippen molar-refractivity contribution in [3.63, 3.8) is 0 Å². The van der Waals surface area contributed by atoms with E-state index >= 15 is 0 Å². The van der Waals surface area contributed by atoms with Crippen LogP contribution < -0.4 is 5.32 Å². The van der Waals surface area contributed by atoms with Crippen molar-refractivity contribution in [3.8, 4) is 0 Å². The van der Waals surface area contributed by atoms with Gasteiger partial charge in [0.05, 0.1) is 29.4 Å². The average molecular weight is 359 g/mol. The van der Waals surface area contributed by atoms with Gasteiger partial charge < -0.3 is 15.3 Å². The number of fused-ring (bicyclic) bond motifs is 1. The van der Waals surface area contributed by atoms with Gasteiger partial charge in [-0.15, -0.1) is 0 Å². The van der Waals surface area contributed by atoms with E-state index in [9.17, 15) is 4.79 Å². The highest BCUT2D eigenvalue weighted by Gasteiger charge is 2.37. The fourth-order valence-electron chi connectivity index (χ4n) is 3.11. The molecule has 2 aromatic rings. The highest BCUT2D eigenvalue weighted by atomic mass is 16.6. The Morgan fingerprint density at radius 2 is 2.19 bits per heavy atom. The number of carbonyl (C=O) groups is 1. The van der Waals surface area contributed by atoms with Crippen LogP contribution in [0, 0.1) is 5.92 Å². The molecule has 26 heavy (non-hydrogen) atoms. The highest BCUT2D eigenvalue weighted by molar-refractivity contribution is 6.00. The van der Waals surface area contributed by atoms with Crippen LogP contribution in [-0.4, -0.2) is 43.8 Å². The number of oxime groups is 1. The normalized spacial score (nSPS) is 20.3. The zero-order valence-electron chi connectivity index (χ0n) is 15.6. The molecule has 2 aromatic heterocycles. The number of rotatable bonds is 5. The maximum Gasteiger partial charge on any atom is 0.309 e. The SMILES string of the molecule is CCn1ncc2c(NC3CC(C(=O)OC(C)(C)C)C3)c(C=NO)cnc21. The summed E-state index contributed by atoms with van der Waals surface area (Å²) in [5, 5.41) is 20.7. The number of esters is 1. The van der Waals surface area contributed by atoms with Gasteiger partial charge in [0.25, 0.3) is 0 Å². The number of hydrogen-bond donors (Lipinski definition) is 2. The summed E-state index contributed by atoms with van der Waals surface area (Å²) < 4.78 is 7.26. The molecule has 140 valence electrons. The maximum atomic E-state index is 12.1. The van der Waals surface area contributed by atoms with Crippen LogP contribution in [0.5, 0.6) is 0 Å². The molecule has 0 spiro atoms. The lowest BCUT2D eigenvalue weighted by molar-refractivity contribution is -0.163. The lowest BCUT2D eigenvalue weighted by Crippen LogP contribution is -2.42. The number of aryl methyl sites for hydroxylation is 1. The molecule has 2 N–H and O–H groups in total. The Bertz CT molecular complexity index is 831. The molecular formula is C18H25N5O3. The highest BCUT2D eigenvalue weighted by Crippen LogP contribution is 2.35. The summed E-state index contributed by atoms with van der Waals surface area (Å²) >= 11 is 0. The smallest absolute Gasteiger partial charge is 0.309 e. The van der Waals surface area contributed by atoms with Gasteiger partial charge in [-0.3, -0.25) is 4.79 Å². The van der Waals surface area contributed by atoms with Crippen molar-refractivity contribution in [2.24, 2.45) is 11.1 Å². The van der Waals surface area contributed by atoms with Crippen molar-refractivity contribution in [2.75, 3.05) is 5.32 Å². The minimum absolute atomic E-state index is 0.0858. The first-order valence-electron chi connectivity index (χ1n) is 8.83. The van der Waals surface area contributed by atoms with Gasteiger partial charge in [-0.2, -0.15) is 5.10 Å². The van der Waals surface area contributed by atoms with Crippen molar-refractivity contribution >= 4 is 28.9 Å². The van der Waals surface area contributed by atoms with Crippen LogP contribution in [0.1, 0.15) is 46.1 Å². The summed E-state index contributed by atoms with van der Waals surface area (Å²) in [6.07, 6.45) is 6.17. The van der Waals surface area contributed by atoms with E-state index in [1.54, 1.807) is 12.4 Å². The summed E-state index contributed by atoms with van der Waals surface area (Å²) in [4.78, 5) is 16.5. The third-order valence-electron chi connectivity index (χ3n) is 4.42. The first kappa shape index (κ1) is 18.2. The summed E-state index contributed by atoms with van der Waals surface area (Å²) in [5.74, 6) is -0.233. The van der Waals surface area contributed by atoms with Crippen LogP contribution in [-0.2, 0) is 16.1 Å². The molecule has 8 heteroatoms. The second-order valence-corrected chi connectivity index (χ2v) is 7.57. The van der Waals surface area contributed by atoms with Crippen LogP contribution in [0.3, 0.4) is 0 Å². The Kier molecular flexibility index (Phi) is 4.84. The Morgan fingerprint density at radius 1 is 1.46 bits per heavy atom. The summed E-state index contributed by atoms with van der Waals surface area (Å²) in [7, 11) is 0. The van der Waals surface area contributed by atoms with Crippen LogP contribution in [0.15, 0.2) is 17.5 Å². The van der Waals surface area contributed by atoms with E-state index in [2.05, 4.69) is 20.6 Å². The number of nitrogens with zero attached hydrogens (tertiary/aromatic N) is 4. The van der Waals surface area contributed by atoms with Crippen LogP contribution >= 0.6 is 0 Å². The predicted octanol–water partition coefficient (Wildman–Crippen LogP) is 2.79. The zero-order valence-corrected chi connectivity index (χ0v) is 15.6. The molecule has 0 unspecified atom stereocenters. The Hall–Kier alpha value is -2.64. The molecule has 0 bridgehead atoms. The molecule has 1 aliphatic carbocycles. The third-order valence-corrected chi connectivity index (χ3v) is 4.42. The summed E-state index contributed by atoms with van der Waals surface area (Å²) in [5.41, 5.74) is 1.80. The number of ether oxygens (including phenoxy) is 1. The fraction of sp³-hybridized carbons (Fsp3) is 0.556. The van der Waals surface area contributed by atoms with E-state index in [0.717, 1.165) is 16.7 Å². The average Bonchev–Trinajstić information content (AvgIpc) is 2.93. The number of hydrogen-bond acceptors (Lipinski definition) is 7. The molecule has 0 saturated heterocycles. The first-order valence-corrected chi connectivity index (χ1v) is 8.83. The molecule has 1 saturated carbocycles. The van der Waals surface area contributed by atoms with E-state index in [1.807, 2.05) is 32.4 Å². The van der Waals surface area contributed by atoms with Crippen molar-refractivity contribution in [2.45, 2.75) is 58.7 Å². The molecule has 1 fully saturated rings. The van der Waals surface area contributed by atoms with Crippen molar-refractivity contribution in [1.82, 2.24) is 14.8 Å². The number of anilines is 1. The molecule has 0 radical (unpaired) electrons. The first-order chi connectivity index (χ1) is 12.3. The minimum Gasteiger partial charge on any atom is -0.460 e. The lowest BCUT2D eigenvalue weighted by Gasteiger charge is -2.36. The molecule has 0 amide bonds. The zero-order chi connectivity index (χ0) is 18.9. The molecule has 1 aliphatic rings. The van der Waals surface area contributed by atoms with Crippen LogP contribution in [0.25, 0.3) is 11.0 Å². The second kappa shape index (κ2) is 6.93. The molecule has 0 aliphatic heterocycles. The standard InChI is InChI=1S/C18H25N5O3/c1-5-23-16-14(10-20-23)15(12(8-19-16)9-21-25)22-13-6-11(7-13)17(24)26-18(2,3)4/h8-11,13,25H,5-7H2,1-4H3,(H,19,22). The van der Waals surface area contributed by atoms with E-state index in [0.29, 0.717) is 24.9 Å². The third kappa shape index (κ3) is 3.63. The topological polar surface area (TPSA) is 102 Å². The van der Waals surface area contributed by atoms with E-state index in [4.69, 9.17) is 9.94 Å². The van der Waals surface area contributed by atoms with Crippen molar-refractivity contribution in [3.05, 3.63) is 18.0 Å². The van der Waals surface area contributed by atoms with Crippen LogP contribution in [0.2, 0.25) is 0 Å². The van der Waals surface area contributed by atoms with Gasteiger partial charge >= 0.3 is 5.97 Å². The quantitative estimate of drug-likeness (QED) is 0.368. The Labute approximate surface area is 152 Å². The molecule has 8 nitrogen and oxygen atoms in total. The van der Waals surface area contributed by atoms with Gasteiger partial charge in [0, 0.05) is 24.3 Å². The summed E-state index contributed by atoms with van der Waals surface area (Å²) in [6.45, 7) is 8.34. The van der Waals surface area contributed by atoms with Gasteiger partial charge in [-0.1, -0.05) is 5.16 Å². The number of nitrogens with one attached hydrogen (secondary N) is 1. The maximum absolute atomic E-state index is 12.1. The van der Waals surface area contributed by atoms with Crippen LogP contribution in [0.4, 0.5) is 5.69 Å². The Morgan fingerprint density at radius 3 is 2.81 bits per heavy atom. The van der Waals surface area contributed by atoms with Gasteiger partial charge in [-0.05, 0) is 40.5 Å². The van der Waals surface area contributed by atoms with Gasteiger partial charge in [0.15, 0.2) is 5.65 Å².